The predicted octanol–water partition coefficient (Wildman–Crippen LogP) is -0.551. The minimum atomic E-state index is -2.63. The Morgan fingerprint density at radius 3 is 2.60 bits per heavy atom. The summed E-state index contributed by atoms with van der Waals surface area (Å²) in [7, 11) is -2.63. The maximum atomic E-state index is 11.1. The molecule has 1 fully saturated rings. The molecular weight excluding hydrogens is 152 g/mol. The van der Waals surface area contributed by atoms with Crippen molar-refractivity contribution in [2.24, 2.45) is 5.14 Å². The Kier molecular flexibility index (Phi) is 2.40. The molecule has 1 aliphatic rings. The Morgan fingerprint density at radius 2 is 2.30 bits per heavy atom. The summed E-state index contributed by atoms with van der Waals surface area (Å²) in [6.45, 7) is 1.35. The Hall–Kier alpha value is 0.0300. The molecule has 4 nitrogen and oxygen atoms in total. The fourth-order valence-corrected chi connectivity index (χ4v) is 1.75. The van der Waals surface area contributed by atoms with Crippen LogP contribution in [0.3, 0.4) is 0 Å². The number of hydroxylamine groups is 1. The van der Waals surface area contributed by atoms with Crippen LogP contribution in [-0.4, -0.2) is 28.1 Å². The molecule has 2 N–H and O–H groups in total. The minimum absolute atomic E-state index is 0.648. The zero-order chi connectivity index (χ0) is 7.61. The highest BCUT2D eigenvalue weighted by molar-refractivity contribution is 7.97. The second-order valence-electron chi connectivity index (χ2n) is 2.56. The highest BCUT2D eigenvalue weighted by Crippen LogP contribution is 2.10. The van der Waals surface area contributed by atoms with Crippen LogP contribution in [0.4, 0.5) is 0 Å². The number of thiol groups is 1. The van der Waals surface area contributed by atoms with E-state index in [2.05, 4.69) is 0 Å². The molecule has 1 heterocycles. The topological polar surface area (TPSA) is 55.6 Å². The fraction of sp³-hybridized carbons (Fsp3) is 1.00. The first-order chi connectivity index (χ1) is 4.61. The lowest BCUT2D eigenvalue weighted by atomic mass is 10.3. The normalized spacial score (nSPS) is 24.6. The van der Waals surface area contributed by atoms with Crippen LogP contribution in [0.25, 0.3) is 0 Å². The zero-order valence-electron chi connectivity index (χ0n) is 6.12. The highest BCUT2D eigenvalue weighted by Gasteiger charge is 2.17. The molecule has 1 aliphatic heterocycles. The van der Waals surface area contributed by atoms with Crippen molar-refractivity contribution in [1.82, 2.24) is 4.47 Å². The molecule has 0 aromatic carbocycles. The van der Waals surface area contributed by atoms with Gasteiger partial charge in [0.15, 0.2) is 0 Å². The van der Waals surface area contributed by atoms with Crippen LogP contribution in [0.15, 0.2) is 0 Å². The lowest BCUT2D eigenvalue weighted by molar-refractivity contribution is -0.107. The largest absolute Gasteiger partial charge is 0.287 e. The number of rotatable bonds is 1. The molecule has 1 saturated heterocycles. The number of nitrogens with two attached hydrogens (primary N) is 1. The van der Waals surface area contributed by atoms with Gasteiger partial charge in [0.25, 0.3) is 0 Å². The second-order valence-corrected chi connectivity index (χ2v) is 4.89. The van der Waals surface area contributed by atoms with Crippen LogP contribution in [-0.2, 0) is 15.1 Å². The average Bonchev–Trinajstić information content (AvgIpc) is 1.88. The Balaban J connectivity index is 2.47. The smallest absolute Gasteiger partial charge is 0.0697 e. The predicted molar refractivity (Wildman–Crippen MR) is 41.5 cm³/mol. The maximum absolute atomic E-state index is 11.1. The first-order valence-electron chi connectivity index (χ1n) is 3.38. The van der Waals surface area contributed by atoms with Crippen molar-refractivity contribution < 1.29 is 9.05 Å². The number of nitrogens with zero attached hydrogens (tertiary/aromatic N) is 1. The van der Waals surface area contributed by atoms with Gasteiger partial charge in [0.1, 0.15) is 0 Å². The van der Waals surface area contributed by atoms with E-state index in [9.17, 15) is 4.21 Å². The fourth-order valence-electron chi connectivity index (χ4n) is 0.897. The van der Waals surface area contributed by atoms with Crippen molar-refractivity contribution in [2.75, 3.05) is 19.4 Å². The van der Waals surface area contributed by atoms with E-state index < -0.39 is 10.3 Å². The van der Waals surface area contributed by atoms with Crippen LogP contribution in [0.2, 0.25) is 0 Å². The molecule has 0 bridgehead atoms. The van der Waals surface area contributed by atoms with Crippen molar-refractivity contribution in [3.8, 4) is 0 Å². The highest BCUT2D eigenvalue weighted by atomic mass is 32.3. The monoisotopic (exact) mass is 166 g/mol. The molecule has 1 rings (SSSR count). The summed E-state index contributed by atoms with van der Waals surface area (Å²) in [5.41, 5.74) is 0. The van der Waals surface area contributed by atoms with Crippen molar-refractivity contribution in [3.05, 3.63) is 0 Å². The third-order valence-electron chi connectivity index (χ3n) is 1.43. The van der Waals surface area contributed by atoms with Crippen molar-refractivity contribution >= 4 is 10.3 Å². The summed E-state index contributed by atoms with van der Waals surface area (Å²) in [5.74, 6) is 0. The number of hydrogen-bond donors (Lipinski definition) is 2. The molecule has 5 heteroatoms. The summed E-state index contributed by atoms with van der Waals surface area (Å²) < 4.78 is 12.6. The molecule has 0 radical (unpaired) electrons. The molecule has 0 aromatic rings. The van der Waals surface area contributed by atoms with Crippen molar-refractivity contribution in [2.45, 2.75) is 12.8 Å². The first-order valence-corrected chi connectivity index (χ1v) is 5.55. The maximum Gasteiger partial charge on any atom is 0.0697 e. The van der Waals surface area contributed by atoms with Crippen molar-refractivity contribution in [3.63, 3.8) is 0 Å². The molecule has 0 unspecified atom stereocenters. The van der Waals surface area contributed by atoms with Crippen LogP contribution >= 0.6 is 0 Å². The van der Waals surface area contributed by atoms with Gasteiger partial charge in [0.2, 0.25) is 0 Å². The SMILES string of the molecule is C[SH](N)(=O)N1CCCCO1. The summed E-state index contributed by atoms with van der Waals surface area (Å²) in [4.78, 5) is 5.09. The minimum Gasteiger partial charge on any atom is -0.287 e. The van der Waals surface area contributed by atoms with Gasteiger partial charge in [0.05, 0.1) is 6.61 Å². The Bertz CT molecular complexity index is 150. The lowest BCUT2D eigenvalue weighted by Gasteiger charge is -2.31. The third-order valence-corrected chi connectivity index (χ3v) is 2.63. The van der Waals surface area contributed by atoms with Gasteiger partial charge in [-0.3, -0.25) is 14.2 Å². The standard InChI is InChI=1S/C5H14N2O2S/c1-10(6,8)7-4-2-3-5-9-7/h10H,2-5H2,1H3,(H2,6,8). The number of hydrogen-bond acceptors (Lipinski definition) is 2. The summed E-state index contributed by atoms with van der Waals surface area (Å²) in [6.07, 6.45) is 3.57. The lowest BCUT2D eigenvalue weighted by Crippen LogP contribution is -2.44. The van der Waals surface area contributed by atoms with Crippen LogP contribution in [0.1, 0.15) is 12.8 Å². The molecule has 0 amide bonds. The van der Waals surface area contributed by atoms with E-state index >= 15 is 0 Å². The molecule has 62 valence electrons. The van der Waals surface area contributed by atoms with E-state index in [4.69, 9.17) is 9.98 Å². The van der Waals surface area contributed by atoms with Gasteiger partial charge in [-0.15, -0.1) is 4.47 Å². The molecular formula is C5H14N2O2S. The van der Waals surface area contributed by atoms with E-state index in [-0.39, 0.29) is 0 Å². The summed E-state index contributed by atoms with van der Waals surface area (Å²) >= 11 is 0. The Labute approximate surface area is 62.0 Å². The van der Waals surface area contributed by atoms with E-state index in [1.54, 1.807) is 0 Å². The molecule has 0 atom stereocenters. The molecule has 0 aliphatic carbocycles. The van der Waals surface area contributed by atoms with Crippen molar-refractivity contribution in [1.29, 1.82) is 0 Å². The molecule has 10 heavy (non-hydrogen) atoms. The van der Waals surface area contributed by atoms with Gasteiger partial charge in [0, 0.05) is 23.1 Å². The quantitative estimate of drug-likeness (QED) is 0.513. The van der Waals surface area contributed by atoms with Gasteiger partial charge in [-0.2, -0.15) is 0 Å². The zero-order valence-corrected chi connectivity index (χ0v) is 7.01. The molecule has 0 spiro atoms. The van der Waals surface area contributed by atoms with Crippen LogP contribution in [0.5, 0.6) is 0 Å². The Morgan fingerprint density at radius 1 is 1.60 bits per heavy atom. The van der Waals surface area contributed by atoms with Gasteiger partial charge < -0.3 is 0 Å². The average molecular weight is 166 g/mol. The van der Waals surface area contributed by atoms with E-state index in [1.807, 2.05) is 0 Å². The van der Waals surface area contributed by atoms with Crippen LogP contribution < -0.4 is 5.14 Å². The van der Waals surface area contributed by atoms with E-state index in [1.165, 1.54) is 10.7 Å². The van der Waals surface area contributed by atoms with Gasteiger partial charge in [-0.05, 0) is 12.8 Å². The van der Waals surface area contributed by atoms with Gasteiger partial charge in [-0.25, -0.2) is 0 Å². The second kappa shape index (κ2) is 2.96. The van der Waals surface area contributed by atoms with Crippen LogP contribution in [0, 0.1) is 0 Å². The first kappa shape index (κ1) is 8.13. The summed E-state index contributed by atoms with van der Waals surface area (Å²) in [5, 5.41) is 5.37. The van der Waals surface area contributed by atoms with Gasteiger partial charge in [-0.1, -0.05) is 0 Å². The van der Waals surface area contributed by atoms with E-state index in [0.717, 1.165) is 12.8 Å². The third kappa shape index (κ3) is 2.02. The summed E-state index contributed by atoms with van der Waals surface area (Å²) in [6, 6.07) is 0. The van der Waals surface area contributed by atoms with Gasteiger partial charge >= 0.3 is 0 Å². The van der Waals surface area contributed by atoms with E-state index in [0.29, 0.717) is 13.2 Å². The molecule has 0 saturated carbocycles. The molecule has 0 aromatic heterocycles.